The number of hydrogen-bond acceptors (Lipinski definition) is 2. The molecule has 0 saturated carbocycles. The first-order valence-electron chi connectivity index (χ1n) is 6.01. The van der Waals surface area contributed by atoms with Crippen molar-refractivity contribution in [2.45, 2.75) is 26.4 Å². The Bertz CT molecular complexity index is 416. The number of amides is 1. The molecule has 1 saturated heterocycles. The number of hydrogen-bond donors (Lipinski definition) is 1. The van der Waals surface area contributed by atoms with Crippen LogP contribution in [0.25, 0.3) is 0 Å². The summed E-state index contributed by atoms with van der Waals surface area (Å²) in [4.78, 5) is 14.3. The van der Waals surface area contributed by atoms with Gasteiger partial charge in [0.25, 0.3) is 5.91 Å². The monoisotopic (exact) mass is 255 g/mol. The van der Waals surface area contributed by atoms with Crippen molar-refractivity contribution in [1.29, 1.82) is 0 Å². The summed E-state index contributed by atoms with van der Waals surface area (Å²) in [6, 6.07) is 1.98. The fraction of sp³-hybridized carbons (Fsp3) is 0.583. The Balaban J connectivity index is 2.23. The second kappa shape index (κ2) is 5.10. The second-order valence-electron chi connectivity index (χ2n) is 4.38. The molecule has 2 rings (SSSR count). The molecule has 0 aliphatic carbocycles. The van der Waals surface area contributed by atoms with Crippen molar-refractivity contribution in [2.24, 2.45) is 0 Å². The molecular weight excluding hydrogens is 238 g/mol. The maximum Gasteiger partial charge on any atom is 0.270 e. The molecule has 1 aromatic heterocycles. The number of piperazine rings is 1. The van der Waals surface area contributed by atoms with E-state index < -0.39 is 0 Å². The van der Waals surface area contributed by atoms with Gasteiger partial charge in [-0.2, -0.15) is 0 Å². The Morgan fingerprint density at radius 2 is 2.41 bits per heavy atom. The summed E-state index contributed by atoms with van der Waals surface area (Å²) in [6.45, 7) is 7.29. The maximum atomic E-state index is 12.4. The van der Waals surface area contributed by atoms with E-state index in [1.807, 2.05) is 22.6 Å². The highest BCUT2D eigenvalue weighted by Crippen LogP contribution is 2.17. The van der Waals surface area contributed by atoms with Crippen molar-refractivity contribution in [3.63, 3.8) is 0 Å². The third-order valence-corrected chi connectivity index (χ3v) is 3.39. The van der Waals surface area contributed by atoms with Crippen LogP contribution in [0.3, 0.4) is 0 Å². The second-order valence-corrected chi connectivity index (χ2v) is 4.82. The average Bonchev–Trinajstić information content (AvgIpc) is 2.70. The first kappa shape index (κ1) is 12.5. The van der Waals surface area contributed by atoms with Gasteiger partial charge in [0, 0.05) is 38.4 Å². The third-order valence-electron chi connectivity index (χ3n) is 3.19. The van der Waals surface area contributed by atoms with Crippen LogP contribution in [0.4, 0.5) is 0 Å². The fourth-order valence-electron chi connectivity index (χ4n) is 2.21. The van der Waals surface area contributed by atoms with E-state index >= 15 is 0 Å². The third kappa shape index (κ3) is 2.48. The minimum absolute atomic E-state index is 0.0766. The van der Waals surface area contributed by atoms with Gasteiger partial charge in [-0.3, -0.25) is 4.79 Å². The summed E-state index contributed by atoms with van der Waals surface area (Å²) >= 11 is 5.96. The topological polar surface area (TPSA) is 37.3 Å². The molecule has 1 amide bonds. The van der Waals surface area contributed by atoms with Crippen LogP contribution in [0.1, 0.15) is 24.3 Å². The van der Waals surface area contributed by atoms with E-state index in [2.05, 4.69) is 12.2 Å². The van der Waals surface area contributed by atoms with E-state index in [1.54, 1.807) is 6.07 Å². The minimum Gasteiger partial charge on any atom is -0.342 e. The van der Waals surface area contributed by atoms with Crippen LogP contribution < -0.4 is 5.32 Å². The maximum absolute atomic E-state index is 12.4. The molecule has 1 N–H and O–H groups in total. The highest BCUT2D eigenvalue weighted by Gasteiger charge is 2.26. The van der Waals surface area contributed by atoms with Crippen LogP contribution in [0.2, 0.25) is 5.02 Å². The van der Waals surface area contributed by atoms with Gasteiger partial charge in [-0.05, 0) is 19.9 Å². The van der Waals surface area contributed by atoms with Gasteiger partial charge in [-0.1, -0.05) is 11.6 Å². The van der Waals surface area contributed by atoms with Crippen molar-refractivity contribution < 1.29 is 4.79 Å². The van der Waals surface area contributed by atoms with Crippen LogP contribution in [0.15, 0.2) is 12.3 Å². The van der Waals surface area contributed by atoms with Crippen LogP contribution in [-0.2, 0) is 6.54 Å². The van der Waals surface area contributed by atoms with E-state index in [0.717, 1.165) is 26.2 Å². The Hall–Kier alpha value is -1.00. The lowest BCUT2D eigenvalue weighted by Gasteiger charge is -2.34. The zero-order chi connectivity index (χ0) is 12.4. The van der Waals surface area contributed by atoms with Crippen LogP contribution in [0.5, 0.6) is 0 Å². The molecule has 0 aromatic carbocycles. The van der Waals surface area contributed by atoms with E-state index in [9.17, 15) is 4.79 Å². The molecule has 1 unspecified atom stereocenters. The molecule has 1 aromatic rings. The molecule has 1 fully saturated rings. The van der Waals surface area contributed by atoms with E-state index in [0.29, 0.717) is 10.7 Å². The average molecular weight is 256 g/mol. The number of aromatic nitrogens is 1. The van der Waals surface area contributed by atoms with Gasteiger partial charge < -0.3 is 14.8 Å². The standard InChI is InChI=1S/C12H18ClN3O/c1-3-15-8-10(13)6-11(15)12(17)16-5-4-14-7-9(16)2/h6,8-9,14H,3-5,7H2,1-2H3. The first-order chi connectivity index (χ1) is 8.13. The Morgan fingerprint density at radius 1 is 1.65 bits per heavy atom. The predicted molar refractivity (Wildman–Crippen MR) is 68.5 cm³/mol. The first-order valence-corrected chi connectivity index (χ1v) is 6.38. The normalized spacial score (nSPS) is 20.6. The molecular formula is C12H18ClN3O. The van der Waals surface area contributed by atoms with Crippen LogP contribution >= 0.6 is 11.6 Å². The number of carbonyl (C=O) groups is 1. The Kier molecular flexibility index (Phi) is 3.74. The minimum atomic E-state index is 0.0766. The number of halogens is 1. The molecule has 2 heterocycles. The largest absolute Gasteiger partial charge is 0.342 e. The molecule has 1 atom stereocenters. The van der Waals surface area contributed by atoms with Gasteiger partial charge in [0.05, 0.1) is 5.02 Å². The molecule has 4 nitrogen and oxygen atoms in total. The van der Waals surface area contributed by atoms with E-state index in [-0.39, 0.29) is 11.9 Å². The summed E-state index contributed by atoms with van der Waals surface area (Å²) in [5, 5.41) is 3.90. The number of carbonyl (C=O) groups excluding carboxylic acids is 1. The summed E-state index contributed by atoms with van der Waals surface area (Å²) in [5.41, 5.74) is 0.686. The lowest BCUT2D eigenvalue weighted by molar-refractivity contribution is 0.0645. The molecule has 0 bridgehead atoms. The molecule has 0 spiro atoms. The Morgan fingerprint density at radius 3 is 3.06 bits per heavy atom. The number of nitrogens with one attached hydrogen (secondary N) is 1. The number of rotatable bonds is 2. The molecule has 5 heteroatoms. The van der Waals surface area contributed by atoms with Gasteiger partial charge in [0.1, 0.15) is 5.69 Å². The molecule has 1 aliphatic rings. The van der Waals surface area contributed by atoms with Crippen molar-refractivity contribution in [3.8, 4) is 0 Å². The molecule has 0 radical (unpaired) electrons. The smallest absolute Gasteiger partial charge is 0.270 e. The Labute approximate surface area is 107 Å². The van der Waals surface area contributed by atoms with Crippen LogP contribution in [-0.4, -0.2) is 41.1 Å². The van der Waals surface area contributed by atoms with E-state index in [1.165, 1.54) is 0 Å². The predicted octanol–water partition coefficient (Wildman–Crippen LogP) is 1.60. The van der Waals surface area contributed by atoms with Gasteiger partial charge >= 0.3 is 0 Å². The highest BCUT2D eigenvalue weighted by molar-refractivity contribution is 6.31. The summed E-state index contributed by atoms with van der Waals surface area (Å²) in [7, 11) is 0. The number of nitrogens with zero attached hydrogens (tertiary/aromatic N) is 2. The lowest BCUT2D eigenvalue weighted by atomic mass is 10.2. The van der Waals surface area contributed by atoms with Gasteiger partial charge in [-0.25, -0.2) is 0 Å². The highest BCUT2D eigenvalue weighted by atomic mass is 35.5. The number of aryl methyl sites for hydroxylation is 1. The van der Waals surface area contributed by atoms with E-state index in [4.69, 9.17) is 11.6 Å². The summed E-state index contributed by atoms with van der Waals surface area (Å²) in [6.07, 6.45) is 1.81. The molecule has 1 aliphatic heterocycles. The lowest BCUT2D eigenvalue weighted by Crippen LogP contribution is -2.52. The molecule has 17 heavy (non-hydrogen) atoms. The summed E-state index contributed by atoms with van der Waals surface area (Å²) < 4.78 is 1.90. The fourth-order valence-corrected chi connectivity index (χ4v) is 2.43. The van der Waals surface area contributed by atoms with Crippen LogP contribution in [0, 0.1) is 0 Å². The zero-order valence-corrected chi connectivity index (χ0v) is 11.0. The molecule has 94 valence electrons. The SMILES string of the molecule is CCn1cc(Cl)cc1C(=O)N1CCNCC1C. The van der Waals surface area contributed by atoms with Crippen molar-refractivity contribution in [3.05, 3.63) is 23.0 Å². The van der Waals surface area contributed by atoms with Crippen molar-refractivity contribution >= 4 is 17.5 Å². The van der Waals surface area contributed by atoms with Gasteiger partial charge in [-0.15, -0.1) is 0 Å². The van der Waals surface area contributed by atoms with Crippen molar-refractivity contribution in [1.82, 2.24) is 14.8 Å². The van der Waals surface area contributed by atoms with Crippen molar-refractivity contribution in [2.75, 3.05) is 19.6 Å². The summed E-state index contributed by atoms with van der Waals surface area (Å²) in [5.74, 6) is 0.0766. The van der Waals surface area contributed by atoms with Gasteiger partial charge in [0.15, 0.2) is 0 Å². The quantitative estimate of drug-likeness (QED) is 0.872. The van der Waals surface area contributed by atoms with Gasteiger partial charge in [0.2, 0.25) is 0 Å². The zero-order valence-electron chi connectivity index (χ0n) is 10.2.